The third kappa shape index (κ3) is 4.43. The molecule has 0 saturated carbocycles. The number of ether oxygens (including phenoxy) is 2. The van der Waals surface area contributed by atoms with Gasteiger partial charge in [0.25, 0.3) is 11.9 Å². The molecule has 0 aliphatic heterocycles. The predicted octanol–water partition coefficient (Wildman–Crippen LogP) is 3.00. The number of imidazole rings is 1. The molecule has 0 aliphatic rings. The van der Waals surface area contributed by atoms with E-state index in [-0.39, 0.29) is 11.9 Å². The lowest BCUT2D eigenvalue weighted by atomic mass is 10.1. The van der Waals surface area contributed by atoms with Crippen LogP contribution in [0.4, 0.5) is 0 Å². The summed E-state index contributed by atoms with van der Waals surface area (Å²) in [7, 11) is 5.62. The fourth-order valence-electron chi connectivity index (χ4n) is 3.07. The number of benzene rings is 2. The molecule has 0 saturated heterocycles. The summed E-state index contributed by atoms with van der Waals surface area (Å²) in [5, 5.41) is 3.03. The lowest BCUT2D eigenvalue weighted by Crippen LogP contribution is -2.34. The molecular weight excluding hydrogens is 356 g/mol. The molecule has 0 unspecified atom stereocenters. The van der Waals surface area contributed by atoms with Gasteiger partial charge in [0.15, 0.2) is 0 Å². The molecule has 0 spiro atoms. The second kappa shape index (κ2) is 8.75. The van der Waals surface area contributed by atoms with Crippen molar-refractivity contribution in [1.82, 2.24) is 20.2 Å². The van der Waals surface area contributed by atoms with Gasteiger partial charge in [0.05, 0.1) is 30.8 Å². The number of likely N-dealkylation sites (N-methyl/N-ethyl adjacent to an activating group) is 1. The van der Waals surface area contributed by atoms with Gasteiger partial charge < -0.3 is 24.7 Å². The molecule has 0 fully saturated rings. The summed E-state index contributed by atoms with van der Waals surface area (Å²) in [6.07, 6.45) is 0. The predicted molar refractivity (Wildman–Crippen MR) is 109 cm³/mol. The molecule has 1 atom stereocenters. The zero-order valence-corrected chi connectivity index (χ0v) is 16.7. The highest BCUT2D eigenvalue weighted by molar-refractivity contribution is 5.97. The number of amides is 1. The zero-order chi connectivity index (χ0) is 20.1. The minimum absolute atomic E-state index is 0.0273. The van der Waals surface area contributed by atoms with Crippen LogP contribution in [-0.4, -0.2) is 55.1 Å². The Kier molecular flexibility index (Phi) is 6.16. The van der Waals surface area contributed by atoms with Crippen LogP contribution in [0, 0.1) is 0 Å². The van der Waals surface area contributed by atoms with Crippen LogP contribution in [-0.2, 0) is 0 Å². The Morgan fingerprint density at radius 3 is 2.79 bits per heavy atom. The molecule has 0 aliphatic carbocycles. The Labute approximate surface area is 164 Å². The molecule has 28 heavy (non-hydrogen) atoms. The van der Waals surface area contributed by atoms with Crippen molar-refractivity contribution in [3.63, 3.8) is 0 Å². The maximum absolute atomic E-state index is 12.7. The normalized spacial score (nSPS) is 12.2. The van der Waals surface area contributed by atoms with E-state index >= 15 is 0 Å². The van der Waals surface area contributed by atoms with E-state index in [4.69, 9.17) is 9.47 Å². The van der Waals surface area contributed by atoms with Gasteiger partial charge in [-0.2, -0.15) is 4.98 Å². The zero-order valence-electron chi connectivity index (χ0n) is 16.7. The molecule has 1 aromatic heterocycles. The number of aromatic nitrogens is 2. The molecule has 3 rings (SSSR count). The van der Waals surface area contributed by atoms with Crippen LogP contribution in [0.2, 0.25) is 0 Å². The van der Waals surface area contributed by atoms with E-state index in [9.17, 15) is 4.79 Å². The molecule has 7 heteroatoms. The number of rotatable bonds is 8. The lowest BCUT2D eigenvalue weighted by Gasteiger charge is -2.25. The highest BCUT2D eigenvalue weighted by Gasteiger charge is 2.17. The molecule has 0 radical (unpaired) electrons. The minimum atomic E-state index is -0.135. The smallest absolute Gasteiger partial charge is 0.294 e. The van der Waals surface area contributed by atoms with E-state index in [1.54, 1.807) is 19.2 Å². The topological polar surface area (TPSA) is 79.5 Å². The summed E-state index contributed by atoms with van der Waals surface area (Å²) in [6.45, 7) is 2.91. The number of methoxy groups -OCH3 is 1. The van der Waals surface area contributed by atoms with Gasteiger partial charge in [0.1, 0.15) is 5.75 Å². The summed E-state index contributed by atoms with van der Waals surface area (Å²) < 4.78 is 10.7. The van der Waals surface area contributed by atoms with E-state index in [2.05, 4.69) is 20.2 Å². The van der Waals surface area contributed by atoms with Crippen LogP contribution in [0.1, 0.15) is 28.9 Å². The van der Waals surface area contributed by atoms with E-state index in [0.717, 1.165) is 22.3 Å². The molecule has 0 bridgehead atoms. The van der Waals surface area contributed by atoms with Gasteiger partial charge >= 0.3 is 0 Å². The molecule has 3 aromatic rings. The molecule has 148 valence electrons. The number of nitrogens with zero attached hydrogens (tertiary/aromatic N) is 2. The van der Waals surface area contributed by atoms with E-state index < -0.39 is 0 Å². The van der Waals surface area contributed by atoms with Gasteiger partial charge in [-0.15, -0.1) is 0 Å². The van der Waals surface area contributed by atoms with Crippen LogP contribution < -0.4 is 14.8 Å². The number of nitrogens with one attached hydrogen (secondary N) is 2. The summed E-state index contributed by atoms with van der Waals surface area (Å²) in [5.41, 5.74) is 3.19. The first-order chi connectivity index (χ1) is 13.5. The Morgan fingerprint density at radius 1 is 1.25 bits per heavy atom. The number of fused-ring (bicyclic) bond motifs is 1. The summed E-state index contributed by atoms with van der Waals surface area (Å²) in [6, 6.07) is 13.7. The van der Waals surface area contributed by atoms with Gasteiger partial charge in [0.2, 0.25) is 0 Å². The summed E-state index contributed by atoms with van der Waals surface area (Å²) >= 11 is 0. The Morgan fingerprint density at radius 2 is 2.07 bits per heavy atom. The van der Waals surface area contributed by atoms with Gasteiger partial charge in [-0.1, -0.05) is 12.1 Å². The van der Waals surface area contributed by atoms with Crippen molar-refractivity contribution in [2.45, 2.75) is 13.0 Å². The highest BCUT2D eigenvalue weighted by Crippen LogP contribution is 2.22. The van der Waals surface area contributed by atoms with Crippen molar-refractivity contribution < 1.29 is 14.3 Å². The molecule has 7 nitrogen and oxygen atoms in total. The van der Waals surface area contributed by atoms with Gasteiger partial charge in [-0.05, 0) is 56.9 Å². The van der Waals surface area contributed by atoms with Gasteiger partial charge in [-0.25, -0.2) is 0 Å². The van der Waals surface area contributed by atoms with Crippen molar-refractivity contribution in [3.05, 3.63) is 53.6 Å². The second-order valence-corrected chi connectivity index (χ2v) is 6.67. The van der Waals surface area contributed by atoms with E-state index in [1.165, 1.54) is 0 Å². The maximum Gasteiger partial charge on any atom is 0.294 e. The van der Waals surface area contributed by atoms with Crippen LogP contribution in [0.3, 0.4) is 0 Å². The first-order valence-electron chi connectivity index (χ1n) is 9.23. The van der Waals surface area contributed by atoms with E-state index in [1.807, 2.05) is 51.4 Å². The minimum Gasteiger partial charge on any atom is -0.497 e. The quantitative estimate of drug-likeness (QED) is 0.626. The SMILES string of the molecule is CCOc1nc2ccc(C(=O)NC[C@H](c3cccc(OC)c3)N(C)C)cc2[nH]1. The van der Waals surface area contributed by atoms with Crippen LogP contribution in [0.25, 0.3) is 11.0 Å². The van der Waals surface area contributed by atoms with Crippen molar-refractivity contribution in [2.75, 3.05) is 34.4 Å². The maximum atomic E-state index is 12.7. The monoisotopic (exact) mass is 382 g/mol. The molecule has 1 heterocycles. The molecular formula is C21H26N4O3. The fraction of sp³-hybridized carbons (Fsp3) is 0.333. The van der Waals surface area contributed by atoms with Crippen molar-refractivity contribution >= 4 is 16.9 Å². The van der Waals surface area contributed by atoms with Gasteiger partial charge in [0, 0.05) is 12.1 Å². The molecule has 1 amide bonds. The first kappa shape index (κ1) is 19.7. The van der Waals surface area contributed by atoms with Crippen molar-refractivity contribution in [2.24, 2.45) is 0 Å². The Hall–Kier alpha value is -3.06. The number of hydrogen-bond donors (Lipinski definition) is 2. The van der Waals surface area contributed by atoms with Crippen molar-refractivity contribution in [3.8, 4) is 11.8 Å². The van der Waals surface area contributed by atoms with Crippen LogP contribution in [0.15, 0.2) is 42.5 Å². The third-order valence-corrected chi connectivity index (χ3v) is 4.56. The first-order valence-corrected chi connectivity index (χ1v) is 9.23. The second-order valence-electron chi connectivity index (χ2n) is 6.67. The van der Waals surface area contributed by atoms with Gasteiger partial charge in [-0.3, -0.25) is 4.79 Å². The largest absolute Gasteiger partial charge is 0.497 e. The van der Waals surface area contributed by atoms with E-state index in [0.29, 0.717) is 24.7 Å². The summed E-state index contributed by atoms with van der Waals surface area (Å²) in [5.74, 6) is 0.662. The third-order valence-electron chi connectivity index (χ3n) is 4.56. The average molecular weight is 382 g/mol. The Bertz CT molecular complexity index is 952. The van der Waals surface area contributed by atoms with Crippen LogP contribution in [0.5, 0.6) is 11.8 Å². The number of hydrogen-bond acceptors (Lipinski definition) is 5. The molecule has 2 N–H and O–H groups in total. The standard InChI is InChI=1S/C21H26N4O3/c1-5-28-21-23-17-10-9-15(12-18(17)24-21)20(26)22-13-19(25(2)3)14-7-6-8-16(11-14)27-4/h6-12,19H,5,13H2,1-4H3,(H,22,26)(H,23,24)/t19-/m1/s1. The molecule has 2 aromatic carbocycles. The van der Waals surface area contributed by atoms with Crippen molar-refractivity contribution in [1.29, 1.82) is 0 Å². The number of carbonyl (C=O) groups is 1. The lowest BCUT2D eigenvalue weighted by molar-refractivity contribution is 0.0942. The average Bonchev–Trinajstić information content (AvgIpc) is 3.09. The summed E-state index contributed by atoms with van der Waals surface area (Å²) in [4.78, 5) is 22.2. The number of H-pyrrole nitrogens is 1. The fourth-order valence-corrected chi connectivity index (χ4v) is 3.07. The Balaban J connectivity index is 1.72. The highest BCUT2D eigenvalue weighted by atomic mass is 16.5. The van der Waals surface area contributed by atoms with Crippen LogP contribution >= 0.6 is 0 Å². The number of carbonyl (C=O) groups excluding carboxylic acids is 1. The number of aromatic amines is 1.